The fourth-order valence-electron chi connectivity index (χ4n) is 7.24. The van der Waals surface area contributed by atoms with E-state index in [1.807, 2.05) is 0 Å². The third-order valence-electron chi connectivity index (χ3n) is 11.0. The van der Waals surface area contributed by atoms with Crippen molar-refractivity contribution in [3.63, 3.8) is 0 Å². The quantitative estimate of drug-likeness (QED) is 0.0529. The predicted molar refractivity (Wildman–Crippen MR) is 243 cm³/mol. The van der Waals surface area contributed by atoms with Gasteiger partial charge in [-0.25, -0.2) is 0 Å². The lowest BCUT2D eigenvalue weighted by atomic mass is 10.0. The maximum atomic E-state index is 10.3. The zero-order chi connectivity index (χ0) is 41.8. The Morgan fingerprint density at radius 2 is 0.321 bits per heavy atom. The molecule has 6 nitrogen and oxygen atoms in total. The molecule has 0 unspecified atom stereocenters. The van der Waals surface area contributed by atoms with Gasteiger partial charge in [-0.1, -0.05) is 265 Å². The van der Waals surface area contributed by atoms with Gasteiger partial charge in [-0.2, -0.15) is 0 Å². The summed E-state index contributed by atoms with van der Waals surface area (Å²) in [5, 5.41) is 25.5. The van der Waals surface area contributed by atoms with E-state index in [0.717, 1.165) is 38.5 Å². The Kier molecular flexibility index (Phi) is 58.2. The van der Waals surface area contributed by atoms with Crippen LogP contribution in [0.25, 0.3) is 0 Å². The van der Waals surface area contributed by atoms with E-state index >= 15 is 0 Å². The summed E-state index contributed by atoms with van der Waals surface area (Å²) in [6.45, 7) is 6.79. The van der Waals surface area contributed by atoms with Gasteiger partial charge in [0.25, 0.3) is 0 Å². The fraction of sp³-hybridized carbons (Fsp3) is 0.940. The van der Waals surface area contributed by atoms with E-state index in [2.05, 4.69) is 20.8 Å². The molecule has 56 heavy (non-hydrogen) atoms. The lowest BCUT2D eigenvalue weighted by Gasteiger charge is -2.03. The monoisotopic (exact) mass is 797 g/mol. The van der Waals surface area contributed by atoms with E-state index in [0.29, 0.717) is 19.3 Å². The van der Waals surface area contributed by atoms with Crippen LogP contribution in [0.4, 0.5) is 0 Å². The number of carboxylic acid groups (broad SMARTS) is 3. The minimum Gasteiger partial charge on any atom is -0.481 e. The number of carbonyl (C=O) groups is 3. The molecule has 0 bridgehead atoms. The van der Waals surface area contributed by atoms with Crippen LogP contribution < -0.4 is 0 Å². The second-order valence-electron chi connectivity index (χ2n) is 16.9. The van der Waals surface area contributed by atoms with Gasteiger partial charge >= 0.3 is 17.9 Å². The highest BCUT2D eigenvalue weighted by molar-refractivity contribution is 5.67. The standard InChI is InChI=1S/2C18H36O2.C14H28O2/c2*1-2-3-4-5-6-7-8-9-10-11-12-13-14-15-16-17-18(19)20;1-2-3-4-5-6-7-8-9-10-11-12-13-14(15)16/h2*2-17H2,1H3,(H,19,20);2-13H2,1H3,(H,15,16). The molecule has 0 spiro atoms. The molecule has 0 aromatic carbocycles. The molecule has 0 aliphatic rings. The molecule has 0 aliphatic carbocycles. The van der Waals surface area contributed by atoms with E-state index in [9.17, 15) is 14.4 Å². The highest BCUT2D eigenvalue weighted by Gasteiger charge is 1.99. The Hall–Kier alpha value is -1.59. The number of unbranched alkanes of at least 4 members (excludes halogenated alkanes) is 38. The Labute approximate surface area is 350 Å². The van der Waals surface area contributed by atoms with Crippen LogP contribution in [-0.4, -0.2) is 33.2 Å². The molecule has 0 heterocycles. The lowest BCUT2D eigenvalue weighted by molar-refractivity contribution is -0.138. The van der Waals surface area contributed by atoms with Gasteiger partial charge < -0.3 is 15.3 Å². The number of carboxylic acids is 3. The normalized spacial score (nSPS) is 10.8. The molecule has 0 aromatic rings. The van der Waals surface area contributed by atoms with Crippen LogP contribution >= 0.6 is 0 Å². The van der Waals surface area contributed by atoms with Crippen molar-refractivity contribution in [2.24, 2.45) is 0 Å². The van der Waals surface area contributed by atoms with Crippen molar-refractivity contribution in [2.45, 2.75) is 303 Å². The summed E-state index contributed by atoms with van der Waals surface area (Å²) in [5.41, 5.74) is 0. The molecule has 336 valence electrons. The van der Waals surface area contributed by atoms with Crippen molar-refractivity contribution in [2.75, 3.05) is 0 Å². The molecule has 0 saturated heterocycles. The van der Waals surface area contributed by atoms with Crippen molar-refractivity contribution in [1.82, 2.24) is 0 Å². The minimum absolute atomic E-state index is 0.344. The minimum atomic E-state index is -0.657. The second-order valence-corrected chi connectivity index (χ2v) is 16.9. The largest absolute Gasteiger partial charge is 0.481 e. The smallest absolute Gasteiger partial charge is 0.303 e. The zero-order valence-electron chi connectivity index (χ0n) is 38.2. The molecule has 0 fully saturated rings. The average Bonchev–Trinajstić information content (AvgIpc) is 3.17. The van der Waals surface area contributed by atoms with E-state index in [1.165, 1.54) is 225 Å². The first kappa shape index (κ1) is 58.7. The van der Waals surface area contributed by atoms with Crippen molar-refractivity contribution >= 4 is 17.9 Å². The van der Waals surface area contributed by atoms with Crippen LogP contribution in [0.15, 0.2) is 0 Å². The van der Waals surface area contributed by atoms with Gasteiger partial charge in [0.05, 0.1) is 0 Å². The molecule has 0 radical (unpaired) electrons. The topological polar surface area (TPSA) is 112 Å². The molecular formula is C50H100O6. The summed E-state index contributed by atoms with van der Waals surface area (Å²) < 4.78 is 0. The number of aliphatic carboxylic acids is 3. The van der Waals surface area contributed by atoms with Crippen molar-refractivity contribution in [3.8, 4) is 0 Å². The van der Waals surface area contributed by atoms with Crippen LogP contribution in [0.3, 0.4) is 0 Å². The van der Waals surface area contributed by atoms with Gasteiger partial charge in [-0.15, -0.1) is 0 Å². The Bertz CT molecular complexity index is 710. The maximum Gasteiger partial charge on any atom is 0.303 e. The average molecular weight is 797 g/mol. The Morgan fingerprint density at radius 1 is 0.214 bits per heavy atom. The fourth-order valence-corrected chi connectivity index (χ4v) is 7.24. The summed E-state index contributed by atoms with van der Waals surface area (Å²) >= 11 is 0. The van der Waals surface area contributed by atoms with Crippen LogP contribution in [0.1, 0.15) is 303 Å². The molecule has 0 aromatic heterocycles. The molecule has 6 heteroatoms. The number of rotatable bonds is 44. The SMILES string of the molecule is CCCCCCCCCCCCCC(=O)O.CCCCCCCCCCCCCCCCCC(=O)O.CCCCCCCCCCCCCCCCCC(=O)O. The Morgan fingerprint density at radius 3 is 0.429 bits per heavy atom. The summed E-state index contributed by atoms with van der Waals surface area (Å²) in [7, 11) is 0. The predicted octanol–water partition coefficient (Wildman–Crippen LogP) is 17.4. The summed E-state index contributed by atoms with van der Waals surface area (Å²) in [6.07, 6.45) is 54.8. The third-order valence-corrected chi connectivity index (χ3v) is 11.0. The van der Waals surface area contributed by atoms with Crippen molar-refractivity contribution in [1.29, 1.82) is 0 Å². The van der Waals surface area contributed by atoms with E-state index < -0.39 is 17.9 Å². The van der Waals surface area contributed by atoms with E-state index in [4.69, 9.17) is 15.3 Å². The molecular weight excluding hydrogens is 697 g/mol. The molecule has 0 rings (SSSR count). The van der Waals surface area contributed by atoms with Gasteiger partial charge in [0.2, 0.25) is 0 Å². The van der Waals surface area contributed by atoms with Gasteiger partial charge in [-0.3, -0.25) is 14.4 Å². The molecule has 0 atom stereocenters. The molecule has 0 saturated carbocycles. The Balaban J connectivity index is -0.000000758. The summed E-state index contributed by atoms with van der Waals surface area (Å²) in [6, 6.07) is 0. The number of hydrogen-bond acceptors (Lipinski definition) is 3. The summed E-state index contributed by atoms with van der Waals surface area (Å²) in [4.78, 5) is 30.9. The molecule has 0 amide bonds. The van der Waals surface area contributed by atoms with Crippen molar-refractivity contribution in [3.05, 3.63) is 0 Å². The first-order chi connectivity index (χ1) is 27.3. The highest BCUT2D eigenvalue weighted by Crippen LogP contribution is 2.16. The molecule has 3 N–H and O–H groups in total. The zero-order valence-corrected chi connectivity index (χ0v) is 38.2. The van der Waals surface area contributed by atoms with Gasteiger partial charge in [0, 0.05) is 19.3 Å². The molecule has 0 aliphatic heterocycles. The first-order valence-electron chi connectivity index (χ1n) is 25.0. The highest BCUT2D eigenvalue weighted by atomic mass is 16.4. The van der Waals surface area contributed by atoms with Crippen LogP contribution in [-0.2, 0) is 14.4 Å². The van der Waals surface area contributed by atoms with Crippen LogP contribution in [0, 0.1) is 0 Å². The van der Waals surface area contributed by atoms with Crippen LogP contribution in [0.2, 0.25) is 0 Å². The lowest BCUT2D eigenvalue weighted by Crippen LogP contribution is -1.93. The second kappa shape index (κ2) is 55.5. The first-order valence-corrected chi connectivity index (χ1v) is 25.0. The van der Waals surface area contributed by atoms with Crippen molar-refractivity contribution < 1.29 is 29.7 Å². The third kappa shape index (κ3) is 67.2. The van der Waals surface area contributed by atoms with Crippen LogP contribution in [0.5, 0.6) is 0 Å². The van der Waals surface area contributed by atoms with E-state index in [-0.39, 0.29) is 0 Å². The van der Waals surface area contributed by atoms with Gasteiger partial charge in [0.15, 0.2) is 0 Å². The van der Waals surface area contributed by atoms with Gasteiger partial charge in [-0.05, 0) is 19.3 Å². The maximum absolute atomic E-state index is 10.3. The van der Waals surface area contributed by atoms with Gasteiger partial charge in [0.1, 0.15) is 0 Å². The summed E-state index contributed by atoms with van der Waals surface area (Å²) in [5.74, 6) is -1.96. The van der Waals surface area contributed by atoms with E-state index in [1.54, 1.807) is 0 Å². The number of hydrogen-bond donors (Lipinski definition) is 3.